The number of esters is 1. The van der Waals surface area contributed by atoms with E-state index in [1.165, 1.54) is 24.8 Å². The summed E-state index contributed by atoms with van der Waals surface area (Å²) in [6, 6.07) is 17.9. The number of ether oxygens (including phenoxy) is 3. The number of unbranched alkanes of at least 4 members (excludes halogenated alkanes) is 6. The third-order valence-corrected chi connectivity index (χ3v) is 8.63. The summed E-state index contributed by atoms with van der Waals surface area (Å²) in [5, 5.41) is 3.35. The zero-order valence-corrected chi connectivity index (χ0v) is 35.1. The van der Waals surface area contributed by atoms with Crippen molar-refractivity contribution in [3.05, 3.63) is 83.8 Å². The largest absolute Gasteiger partial charge is 0.466 e. The summed E-state index contributed by atoms with van der Waals surface area (Å²) in [6.45, 7) is 7.61. The maximum atomic E-state index is 13.6. The molecular weight excluding hydrogens is 764 g/mol. The molecule has 0 fully saturated rings. The minimum Gasteiger partial charge on any atom is -0.466 e. The predicted octanol–water partition coefficient (Wildman–Crippen LogP) is 8.12. The van der Waals surface area contributed by atoms with Gasteiger partial charge in [-0.3, -0.25) is 14.5 Å². The monoisotopic (exact) mass is 822 g/mol. The highest BCUT2D eigenvalue weighted by Crippen LogP contribution is 2.21. The first-order valence-corrected chi connectivity index (χ1v) is 20.0. The van der Waals surface area contributed by atoms with Crippen LogP contribution in [0.1, 0.15) is 100 Å². The van der Waals surface area contributed by atoms with Crippen LogP contribution in [0.2, 0.25) is 0 Å². The first kappa shape index (κ1) is 48.6. The zero-order chi connectivity index (χ0) is 42.7. The first-order chi connectivity index (χ1) is 28.1. The molecule has 316 valence electrons. The Kier molecular flexibility index (Phi) is 23.4. The standard InChI is InChI=1S/C34H41N7O5.C7H13ClO2.CH5N/c1-4-6-7-10-21-46-34(44)39-32(35)24-12-15-26(16-13-24)37-23-30-38-27-22-25(14-17-28(27)40(30)3)33(43)41(20-18-31(42)45-5-2)29-11-8-9-19-36-29;1-2-3-4-5-6-10-7(8)9;1-2/h8-9,11-17,19,22,37H,4-7,10,18,20-21,23H2,1-3H3,(H2,35,39,44);2-6H2,1H3;2H2,1H3. The number of anilines is 2. The van der Waals surface area contributed by atoms with E-state index in [9.17, 15) is 19.2 Å². The first-order valence-electron chi connectivity index (χ1n) is 19.7. The van der Waals surface area contributed by atoms with Gasteiger partial charge in [0, 0.05) is 48.2 Å². The zero-order valence-electron chi connectivity index (χ0n) is 34.4. The highest BCUT2D eigenvalue weighted by atomic mass is 35.5. The van der Waals surface area contributed by atoms with E-state index in [0.29, 0.717) is 42.2 Å². The molecule has 2 aromatic carbocycles. The van der Waals surface area contributed by atoms with Crippen LogP contribution in [0.4, 0.5) is 21.1 Å². The number of halogens is 1. The number of amides is 2. The highest BCUT2D eigenvalue weighted by Gasteiger charge is 2.21. The Labute approximate surface area is 346 Å². The number of amidine groups is 1. The number of hydrogen-bond donors (Lipinski definition) is 3. The SMILES string of the molecule is CCCCCCOC(=O)/N=C(/N)c1ccc(NCc2nc3cc(C(=O)N(CCC(=O)OCC)c4ccccn4)ccc3n2C)cc1.CCCCCCOC(=O)Cl.CN. The molecule has 0 aliphatic heterocycles. The Bertz CT molecular complexity index is 1870. The van der Waals surface area contributed by atoms with Gasteiger partial charge in [-0.05, 0) is 81.4 Å². The molecule has 16 heteroatoms. The number of pyridine rings is 1. The molecule has 0 aliphatic carbocycles. The van der Waals surface area contributed by atoms with Gasteiger partial charge in [0.2, 0.25) is 0 Å². The molecule has 0 bridgehead atoms. The fourth-order valence-corrected chi connectivity index (χ4v) is 5.55. The van der Waals surface area contributed by atoms with E-state index in [1.54, 1.807) is 55.6 Å². The fourth-order valence-electron chi connectivity index (χ4n) is 5.47. The molecule has 0 saturated heterocycles. The van der Waals surface area contributed by atoms with Gasteiger partial charge in [0.25, 0.3) is 5.91 Å². The van der Waals surface area contributed by atoms with Crippen LogP contribution in [0.15, 0.2) is 71.9 Å². The average Bonchev–Trinajstić information content (AvgIpc) is 3.55. The number of imidazole rings is 1. The predicted molar refractivity (Wildman–Crippen MR) is 229 cm³/mol. The van der Waals surface area contributed by atoms with Crippen LogP contribution in [-0.2, 0) is 32.6 Å². The van der Waals surface area contributed by atoms with Crippen LogP contribution in [0.5, 0.6) is 0 Å². The van der Waals surface area contributed by atoms with E-state index >= 15 is 0 Å². The van der Waals surface area contributed by atoms with Crippen LogP contribution >= 0.6 is 11.6 Å². The van der Waals surface area contributed by atoms with Gasteiger partial charge in [-0.25, -0.2) is 19.6 Å². The van der Waals surface area contributed by atoms with Crippen LogP contribution in [0.3, 0.4) is 0 Å². The van der Waals surface area contributed by atoms with Crippen molar-refractivity contribution in [3.8, 4) is 0 Å². The maximum absolute atomic E-state index is 13.6. The maximum Gasteiger partial charge on any atom is 0.435 e. The summed E-state index contributed by atoms with van der Waals surface area (Å²) >= 11 is 4.93. The third-order valence-electron chi connectivity index (χ3n) is 8.52. The van der Waals surface area contributed by atoms with Gasteiger partial charge in [-0.15, -0.1) is 0 Å². The molecule has 0 saturated carbocycles. The number of aromatic nitrogens is 3. The van der Waals surface area contributed by atoms with E-state index in [-0.39, 0.29) is 37.3 Å². The van der Waals surface area contributed by atoms with Gasteiger partial charge in [0.1, 0.15) is 17.5 Å². The Hall–Kier alpha value is -5.54. The van der Waals surface area contributed by atoms with Crippen molar-refractivity contribution >= 4 is 63.4 Å². The van der Waals surface area contributed by atoms with Crippen molar-refractivity contribution in [3.63, 3.8) is 0 Å². The van der Waals surface area contributed by atoms with E-state index in [0.717, 1.165) is 55.6 Å². The van der Waals surface area contributed by atoms with Gasteiger partial charge < -0.3 is 35.6 Å². The van der Waals surface area contributed by atoms with Gasteiger partial charge in [-0.2, -0.15) is 4.99 Å². The van der Waals surface area contributed by atoms with Crippen LogP contribution < -0.4 is 21.7 Å². The minimum absolute atomic E-state index is 0.0455. The van der Waals surface area contributed by atoms with Crippen molar-refractivity contribution in [1.29, 1.82) is 0 Å². The molecule has 2 heterocycles. The highest BCUT2D eigenvalue weighted by molar-refractivity contribution is 6.61. The molecule has 4 aromatic rings. The van der Waals surface area contributed by atoms with Crippen molar-refractivity contribution < 1.29 is 33.4 Å². The fraction of sp³-hybridized carbons (Fsp3) is 0.452. The summed E-state index contributed by atoms with van der Waals surface area (Å²) in [4.78, 5) is 62.1. The minimum atomic E-state index is -0.698. The number of rotatable bonds is 20. The number of aryl methyl sites for hydroxylation is 1. The van der Waals surface area contributed by atoms with Gasteiger partial charge in [-0.1, -0.05) is 58.4 Å². The summed E-state index contributed by atoms with van der Waals surface area (Å²) in [6.07, 6.45) is 9.41. The lowest BCUT2D eigenvalue weighted by Crippen LogP contribution is -2.34. The second-order valence-corrected chi connectivity index (χ2v) is 13.0. The molecule has 0 spiro atoms. The van der Waals surface area contributed by atoms with Crippen LogP contribution in [-0.4, -0.2) is 77.2 Å². The topological polar surface area (TPSA) is 206 Å². The Morgan fingerprint density at radius 2 is 1.50 bits per heavy atom. The second kappa shape index (κ2) is 28.0. The number of nitrogens with two attached hydrogens (primary N) is 2. The Balaban J connectivity index is 0.000000843. The number of hydrogen-bond acceptors (Lipinski definition) is 11. The third kappa shape index (κ3) is 17.3. The van der Waals surface area contributed by atoms with Gasteiger partial charge >= 0.3 is 17.5 Å². The number of aliphatic imine (C=N–C) groups is 1. The van der Waals surface area contributed by atoms with Gasteiger partial charge in [0.05, 0.1) is 43.8 Å². The molecule has 15 nitrogen and oxygen atoms in total. The van der Waals surface area contributed by atoms with Crippen LogP contribution in [0, 0.1) is 0 Å². The molecular formula is C42H59ClN8O7. The molecule has 0 radical (unpaired) electrons. The van der Waals surface area contributed by atoms with Crippen molar-refractivity contribution in [2.75, 3.05) is 43.6 Å². The second-order valence-electron chi connectivity index (χ2n) is 12.7. The molecule has 2 amide bonds. The lowest BCUT2D eigenvalue weighted by Gasteiger charge is -2.21. The molecule has 0 atom stereocenters. The number of nitrogens with zero attached hydrogens (tertiary/aromatic N) is 5. The molecule has 58 heavy (non-hydrogen) atoms. The number of fused-ring (bicyclic) bond motifs is 1. The Morgan fingerprint density at radius 3 is 2.10 bits per heavy atom. The van der Waals surface area contributed by atoms with Crippen molar-refractivity contribution in [2.45, 2.75) is 85.1 Å². The number of benzene rings is 2. The van der Waals surface area contributed by atoms with Gasteiger partial charge in [0.15, 0.2) is 0 Å². The smallest absolute Gasteiger partial charge is 0.435 e. The van der Waals surface area contributed by atoms with Crippen molar-refractivity contribution in [2.24, 2.45) is 23.5 Å². The summed E-state index contributed by atoms with van der Waals surface area (Å²) in [5.74, 6) is 0.620. The van der Waals surface area contributed by atoms with E-state index in [2.05, 4.69) is 39.6 Å². The normalized spacial score (nSPS) is 10.7. The average molecular weight is 823 g/mol. The van der Waals surface area contributed by atoms with E-state index in [4.69, 9.17) is 31.8 Å². The lowest BCUT2D eigenvalue weighted by molar-refractivity contribution is -0.142. The number of carbonyl (C=O) groups excluding carboxylic acids is 4. The number of nitrogens with one attached hydrogen (secondary N) is 1. The van der Waals surface area contributed by atoms with E-state index in [1.807, 2.05) is 29.8 Å². The molecule has 2 aromatic heterocycles. The summed E-state index contributed by atoms with van der Waals surface area (Å²) in [5.41, 5.74) is 13.2. The molecule has 0 aliphatic rings. The molecule has 4 rings (SSSR count). The number of carbonyl (C=O) groups is 4. The molecule has 5 N–H and O–H groups in total. The lowest BCUT2D eigenvalue weighted by atomic mass is 10.1. The van der Waals surface area contributed by atoms with Crippen molar-refractivity contribution in [1.82, 2.24) is 14.5 Å². The quantitative estimate of drug-likeness (QED) is 0.0193. The van der Waals surface area contributed by atoms with Crippen LogP contribution in [0.25, 0.3) is 11.0 Å². The Morgan fingerprint density at radius 1 is 0.845 bits per heavy atom. The summed E-state index contributed by atoms with van der Waals surface area (Å²) < 4.78 is 16.7. The van der Waals surface area contributed by atoms with E-state index < -0.39 is 11.5 Å². The molecule has 0 unspecified atom stereocenters. The summed E-state index contributed by atoms with van der Waals surface area (Å²) in [7, 11) is 3.41.